The molecule has 6 heteroatoms. The van der Waals surface area contributed by atoms with Gasteiger partial charge in [-0.05, 0) is 73.8 Å². The molecule has 130 valence electrons. The molecule has 1 aromatic heterocycles. The van der Waals surface area contributed by atoms with E-state index in [2.05, 4.69) is 26.4 Å². The van der Waals surface area contributed by atoms with Crippen molar-refractivity contribution >= 4 is 21.4 Å². The van der Waals surface area contributed by atoms with Crippen LogP contribution in [0.25, 0.3) is 0 Å². The van der Waals surface area contributed by atoms with Gasteiger partial charge in [0, 0.05) is 12.6 Å². The lowest BCUT2D eigenvalue weighted by Crippen LogP contribution is -2.36. The first-order valence-electron chi connectivity index (χ1n) is 8.30. The Morgan fingerprint density at radius 2 is 1.96 bits per heavy atom. The van der Waals surface area contributed by atoms with Crippen LogP contribution in [0.15, 0.2) is 39.9 Å². The van der Waals surface area contributed by atoms with Crippen molar-refractivity contribution in [3.05, 3.63) is 51.7 Å². The third-order valence-corrected chi connectivity index (χ3v) is 6.88. The fraction of sp³-hybridized carbons (Fsp3) is 0.444. The van der Waals surface area contributed by atoms with Gasteiger partial charge in [-0.2, -0.15) is 11.3 Å². The van der Waals surface area contributed by atoms with Crippen molar-refractivity contribution in [2.75, 3.05) is 19.6 Å². The van der Waals surface area contributed by atoms with Crippen LogP contribution < -0.4 is 4.72 Å². The van der Waals surface area contributed by atoms with Gasteiger partial charge in [-0.25, -0.2) is 13.1 Å². The topological polar surface area (TPSA) is 49.4 Å². The van der Waals surface area contributed by atoms with Crippen molar-refractivity contribution in [3.8, 4) is 0 Å². The summed E-state index contributed by atoms with van der Waals surface area (Å²) in [7, 11) is -3.50. The van der Waals surface area contributed by atoms with E-state index in [-0.39, 0.29) is 6.04 Å². The van der Waals surface area contributed by atoms with Crippen molar-refractivity contribution in [1.29, 1.82) is 0 Å². The number of likely N-dealkylation sites (tertiary alicyclic amines) is 1. The first-order chi connectivity index (χ1) is 11.5. The first kappa shape index (κ1) is 17.6. The van der Waals surface area contributed by atoms with Crippen LogP contribution in [0.1, 0.15) is 35.6 Å². The highest BCUT2D eigenvalue weighted by molar-refractivity contribution is 7.89. The fourth-order valence-corrected chi connectivity index (χ4v) is 5.31. The second-order valence-corrected chi connectivity index (χ2v) is 8.95. The van der Waals surface area contributed by atoms with Gasteiger partial charge >= 0.3 is 0 Å². The Kier molecular flexibility index (Phi) is 5.39. The van der Waals surface area contributed by atoms with Crippen LogP contribution >= 0.6 is 11.3 Å². The molecule has 1 aromatic carbocycles. The van der Waals surface area contributed by atoms with Crippen LogP contribution in [0.4, 0.5) is 0 Å². The molecule has 0 bridgehead atoms. The Morgan fingerprint density at radius 3 is 2.58 bits per heavy atom. The van der Waals surface area contributed by atoms with Crippen LogP contribution in [0.5, 0.6) is 0 Å². The van der Waals surface area contributed by atoms with Crippen LogP contribution in [-0.4, -0.2) is 33.0 Å². The van der Waals surface area contributed by atoms with Crippen LogP contribution in [0.3, 0.4) is 0 Å². The third-order valence-electron chi connectivity index (χ3n) is 4.60. The van der Waals surface area contributed by atoms with Gasteiger partial charge in [0.1, 0.15) is 0 Å². The van der Waals surface area contributed by atoms with E-state index in [0.717, 1.165) is 24.2 Å². The highest BCUT2D eigenvalue weighted by atomic mass is 32.2. The van der Waals surface area contributed by atoms with E-state index in [4.69, 9.17) is 0 Å². The highest BCUT2D eigenvalue weighted by Gasteiger charge is 2.26. The summed E-state index contributed by atoms with van der Waals surface area (Å²) in [5.41, 5.74) is 3.06. The molecular weight excluding hydrogens is 340 g/mol. The number of nitrogens with one attached hydrogen (secondary N) is 1. The standard InChI is InChI=1S/C18H24N2O2S2/c1-14-5-6-18(15(2)11-14)24(21,22)19-12-17(16-7-10-23-13-16)20-8-3-4-9-20/h5-7,10-11,13,17,19H,3-4,8-9,12H2,1-2H3. The number of hydrogen-bond donors (Lipinski definition) is 1. The van der Waals surface area contributed by atoms with Gasteiger partial charge < -0.3 is 0 Å². The van der Waals surface area contributed by atoms with Crippen molar-refractivity contribution in [3.63, 3.8) is 0 Å². The largest absolute Gasteiger partial charge is 0.295 e. The van der Waals surface area contributed by atoms with Gasteiger partial charge in [-0.3, -0.25) is 4.90 Å². The summed E-state index contributed by atoms with van der Waals surface area (Å²) in [6.07, 6.45) is 2.37. The summed E-state index contributed by atoms with van der Waals surface area (Å²) in [5.74, 6) is 0. The number of hydrogen-bond acceptors (Lipinski definition) is 4. The molecule has 0 aliphatic carbocycles. The Labute approximate surface area is 148 Å². The van der Waals surface area contributed by atoms with E-state index in [1.54, 1.807) is 17.4 Å². The van der Waals surface area contributed by atoms with Gasteiger partial charge in [0.25, 0.3) is 0 Å². The summed E-state index contributed by atoms with van der Waals surface area (Å²) >= 11 is 1.66. The number of rotatable bonds is 6. The quantitative estimate of drug-likeness (QED) is 0.854. The summed E-state index contributed by atoms with van der Waals surface area (Å²) in [5, 5.41) is 4.17. The average Bonchev–Trinajstić information content (AvgIpc) is 3.20. The second-order valence-electron chi connectivity index (χ2n) is 6.44. The Hall–Kier alpha value is -1.21. The zero-order valence-corrected chi connectivity index (χ0v) is 15.8. The number of sulfonamides is 1. The van der Waals surface area contributed by atoms with E-state index in [0.29, 0.717) is 11.4 Å². The van der Waals surface area contributed by atoms with Crippen LogP contribution in [-0.2, 0) is 10.0 Å². The number of benzene rings is 1. The SMILES string of the molecule is Cc1ccc(S(=O)(=O)NCC(c2ccsc2)N2CCCC2)c(C)c1. The number of nitrogens with zero attached hydrogens (tertiary/aromatic N) is 1. The van der Waals surface area contributed by atoms with Gasteiger partial charge in [0.15, 0.2) is 0 Å². The molecule has 1 aliphatic heterocycles. The molecule has 3 rings (SSSR count). The Bertz CT molecular complexity index is 779. The molecule has 0 amide bonds. The van der Waals surface area contributed by atoms with E-state index in [1.807, 2.05) is 26.0 Å². The lowest BCUT2D eigenvalue weighted by molar-refractivity contribution is 0.247. The molecule has 1 fully saturated rings. The van der Waals surface area contributed by atoms with Crippen molar-refractivity contribution in [2.45, 2.75) is 37.6 Å². The van der Waals surface area contributed by atoms with Gasteiger partial charge in [-0.15, -0.1) is 0 Å². The summed E-state index contributed by atoms with van der Waals surface area (Å²) < 4.78 is 28.3. The van der Waals surface area contributed by atoms with E-state index in [1.165, 1.54) is 18.4 Å². The van der Waals surface area contributed by atoms with E-state index in [9.17, 15) is 8.42 Å². The van der Waals surface area contributed by atoms with E-state index >= 15 is 0 Å². The Balaban J connectivity index is 1.78. The van der Waals surface area contributed by atoms with Crippen molar-refractivity contribution in [1.82, 2.24) is 9.62 Å². The van der Waals surface area contributed by atoms with Gasteiger partial charge in [0.05, 0.1) is 4.90 Å². The van der Waals surface area contributed by atoms with Crippen molar-refractivity contribution in [2.24, 2.45) is 0 Å². The van der Waals surface area contributed by atoms with E-state index < -0.39 is 10.0 Å². The predicted octanol–water partition coefficient (Wildman–Crippen LogP) is 3.48. The molecule has 1 saturated heterocycles. The number of aryl methyl sites for hydroxylation is 2. The lowest BCUT2D eigenvalue weighted by Gasteiger charge is -2.27. The molecule has 1 N–H and O–H groups in total. The monoisotopic (exact) mass is 364 g/mol. The zero-order chi connectivity index (χ0) is 17.2. The Morgan fingerprint density at radius 1 is 1.21 bits per heavy atom. The molecule has 0 radical (unpaired) electrons. The number of thiophene rings is 1. The predicted molar refractivity (Wildman–Crippen MR) is 99.0 cm³/mol. The lowest BCUT2D eigenvalue weighted by atomic mass is 10.1. The smallest absolute Gasteiger partial charge is 0.240 e. The van der Waals surface area contributed by atoms with Gasteiger partial charge in [-0.1, -0.05) is 17.7 Å². The molecular formula is C18H24N2O2S2. The van der Waals surface area contributed by atoms with Crippen LogP contribution in [0.2, 0.25) is 0 Å². The molecule has 1 atom stereocenters. The first-order valence-corrected chi connectivity index (χ1v) is 10.7. The third kappa shape index (κ3) is 3.88. The zero-order valence-electron chi connectivity index (χ0n) is 14.2. The molecule has 1 unspecified atom stereocenters. The molecule has 2 aromatic rings. The molecule has 4 nitrogen and oxygen atoms in total. The fourth-order valence-electron chi connectivity index (χ4n) is 3.34. The van der Waals surface area contributed by atoms with Gasteiger partial charge in [0.2, 0.25) is 10.0 Å². The minimum absolute atomic E-state index is 0.110. The normalized spacial score (nSPS) is 17.2. The van der Waals surface area contributed by atoms with Crippen molar-refractivity contribution < 1.29 is 8.42 Å². The molecule has 24 heavy (non-hydrogen) atoms. The minimum atomic E-state index is -3.50. The minimum Gasteiger partial charge on any atom is -0.295 e. The second kappa shape index (κ2) is 7.35. The maximum absolute atomic E-state index is 12.7. The summed E-state index contributed by atoms with van der Waals surface area (Å²) in [4.78, 5) is 2.76. The maximum Gasteiger partial charge on any atom is 0.240 e. The van der Waals surface area contributed by atoms with Crippen LogP contribution in [0, 0.1) is 13.8 Å². The molecule has 0 spiro atoms. The summed E-state index contributed by atoms with van der Waals surface area (Å²) in [6.45, 7) is 6.29. The molecule has 1 aliphatic rings. The molecule has 2 heterocycles. The maximum atomic E-state index is 12.7. The highest BCUT2D eigenvalue weighted by Crippen LogP contribution is 2.27. The summed E-state index contributed by atoms with van der Waals surface area (Å²) in [6, 6.07) is 7.66. The average molecular weight is 365 g/mol. The molecule has 0 saturated carbocycles.